The highest BCUT2D eigenvalue weighted by Crippen LogP contribution is 2.68. The number of nitrogens with two attached hydrogens (primary N) is 1. The van der Waals surface area contributed by atoms with Crippen molar-refractivity contribution in [1.82, 2.24) is 14.9 Å². The topological polar surface area (TPSA) is 84.5 Å². The van der Waals surface area contributed by atoms with E-state index in [4.69, 9.17) is 5.73 Å². The van der Waals surface area contributed by atoms with Gasteiger partial charge in [0.25, 0.3) is 0 Å². The van der Waals surface area contributed by atoms with Gasteiger partial charge in [-0.05, 0) is 45.6 Å². The zero-order valence-electron chi connectivity index (χ0n) is 17.0. The molecule has 6 nitrogen and oxygen atoms in total. The van der Waals surface area contributed by atoms with Crippen LogP contribution >= 0.6 is 27.7 Å². The first kappa shape index (κ1) is 21.9. The van der Waals surface area contributed by atoms with Crippen LogP contribution < -0.4 is 5.73 Å². The van der Waals surface area contributed by atoms with Crippen LogP contribution in [0.5, 0.6) is 0 Å². The number of carbonyl (C=O) groups is 1. The van der Waals surface area contributed by atoms with Gasteiger partial charge in [-0.25, -0.2) is 18.7 Å². The zero-order valence-corrected chi connectivity index (χ0v) is 19.4. The third kappa shape index (κ3) is 3.76. The summed E-state index contributed by atoms with van der Waals surface area (Å²) >= 11 is 4.40. The van der Waals surface area contributed by atoms with Crippen LogP contribution in [0.15, 0.2) is 40.2 Å². The molecule has 0 bridgehead atoms. The molecule has 4 atom stereocenters. The maximum absolute atomic E-state index is 14.8. The molecule has 0 saturated heterocycles. The fourth-order valence-corrected chi connectivity index (χ4v) is 5.90. The van der Waals surface area contributed by atoms with Crippen molar-refractivity contribution in [3.8, 4) is 0 Å². The van der Waals surface area contributed by atoms with Crippen LogP contribution in [0.25, 0.3) is 11.9 Å². The second-order valence-electron chi connectivity index (χ2n) is 7.82. The number of aliphatic imine (C=N–C) groups is 1. The first-order valence-electron chi connectivity index (χ1n) is 9.53. The lowest BCUT2D eigenvalue weighted by Gasteiger charge is -2.27. The Hall–Kier alpha value is -2.33. The molecule has 1 saturated carbocycles. The molecule has 162 valence electrons. The minimum Gasteiger partial charge on any atom is -0.378 e. The fraction of sp³-hybridized carbons (Fsp3) is 0.333. The van der Waals surface area contributed by atoms with Gasteiger partial charge in [-0.2, -0.15) is 0 Å². The van der Waals surface area contributed by atoms with E-state index in [-0.39, 0.29) is 34.2 Å². The lowest BCUT2D eigenvalue weighted by Crippen LogP contribution is -2.39. The second kappa shape index (κ2) is 7.98. The Morgan fingerprint density at radius 3 is 2.71 bits per heavy atom. The Kier molecular flexibility index (Phi) is 5.63. The number of benzene rings is 1. The number of halogens is 3. The molecule has 10 heteroatoms. The van der Waals surface area contributed by atoms with E-state index >= 15 is 0 Å². The number of amidine groups is 1. The molecule has 0 spiro atoms. The highest BCUT2D eigenvalue weighted by Gasteiger charge is 2.73. The standard InChI is InChI=1S/C21H20BrF2N5OS/c1-10-17-18(28-20(25)31-21(10,17)19(30)29(2)3)12-6-11(4-5-13(12)23)7-14(24)15-8-27-16(22)9-26-15/h4-10,17-18H,1-3H3,(H2,25,28)/b14-7-. The van der Waals surface area contributed by atoms with E-state index in [0.717, 1.165) is 0 Å². The number of aromatic nitrogens is 2. The van der Waals surface area contributed by atoms with Crippen molar-refractivity contribution in [3.05, 3.63) is 57.8 Å². The molecule has 2 N–H and O–H groups in total. The highest BCUT2D eigenvalue weighted by atomic mass is 79.9. The Labute approximate surface area is 191 Å². The van der Waals surface area contributed by atoms with Crippen molar-refractivity contribution in [2.45, 2.75) is 17.7 Å². The third-order valence-corrected chi connectivity index (χ3v) is 7.60. The minimum absolute atomic E-state index is 0.0319. The molecule has 0 radical (unpaired) electrons. The lowest BCUT2D eigenvalue weighted by molar-refractivity contribution is -0.129. The van der Waals surface area contributed by atoms with Crippen LogP contribution in [0, 0.1) is 17.7 Å². The zero-order chi connectivity index (χ0) is 22.5. The summed E-state index contributed by atoms with van der Waals surface area (Å²) in [7, 11) is 3.38. The monoisotopic (exact) mass is 507 g/mol. The number of amides is 1. The Morgan fingerprint density at radius 2 is 2.06 bits per heavy atom. The quantitative estimate of drug-likeness (QED) is 0.674. The van der Waals surface area contributed by atoms with Gasteiger partial charge >= 0.3 is 0 Å². The molecule has 31 heavy (non-hydrogen) atoms. The van der Waals surface area contributed by atoms with Crippen LogP contribution in [0.2, 0.25) is 0 Å². The van der Waals surface area contributed by atoms with Gasteiger partial charge in [0.15, 0.2) is 11.0 Å². The summed E-state index contributed by atoms with van der Waals surface area (Å²) in [6.07, 6.45) is 3.96. The number of thioether (sulfide) groups is 1. The molecule has 1 amide bonds. The van der Waals surface area contributed by atoms with Crippen molar-refractivity contribution in [2.24, 2.45) is 22.6 Å². The average Bonchev–Trinajstić information content (AvgIpc) is 3.33. The van der Waals surface area contributed by atoms with Crippen molar-refractivity contribution in [1.29, 1.82) is 0 Å². The Balaban J connectivity index is 1.70. The molecule has 1 aromatic heterocycles. The highest BCUT2D eigenvalue weighted by molar-refractivity contribution is 9.10. The van der Waals surface area contributed by atoms with Crippen LogP contribution in [-0.2, 0) is 4.79 Å². The molecule has 1 aliphatic heterocycles. The summed E-state index contributed by atoms with van der Waals surface area (Å²) in [6.45, 7) is 1.95. The van der Waals surface area contributed by atoms with E-state index < -0.39 is 22.4 Å². The van der Waals surface area contributed by atoms with Gasteiger partial charge < -0.3 is 10.6 Å². The van der Waals surface area contributed by atoms with Gasteiger partial charge in [0.1, 0.15) is 20.9 Å². The largest absolute Gasteiger partial charge is 0.378 e. The van der Waals surface area contributed by atoms with E-state index in [9.17, 15) is 13.6 Å². The normalized spacial score (nSPS) is 27.4. The van der Waals surface area contributed by atoms with Crippen LogP contribution in [0.1, 0.15) is 29.8 Å². The van der Waals surface area contributed by atoms with E-state index in [2.05, 4.69) is 30.9 Å². The number of hydrogen-bond acceptors (Lipinski definition) is 6. The van der Waals surface area contributed by atoms with Crippen molar-refractivity contribution in [3.63, 3.8) is 0 Å². The number of carbonyl (C=O) groups excluding carboxylic acids is 1. The Morgan fingerprint density at radius 1 is 1.32 bits per heavy atom. The number of hydrogen-bond donors (Lipinski definition) is 1. The molecule has 2 aromatic rings. The Bertz CT molecular complexity index is 1110. The van der Waals surface area contributed by atoms with Gasteiger partial charge in [-0.3, -0.25) is 9.79 Å². The van der Waals surface area contributed by atoms with E-state index in [0.29, 0.717) is 10.2 Å². The smallest absolute Gasteiger partial charge is 0.239 e. The molecular formula is C21H20BrF2N5OS. The summed E-state index contributed by atoms with van der Waals surface area (Å²) < 4.78 is 29.2. The third-order valence-electron chi connectivity index (χ3n) is 5.72. The van der Waals surface area contributed by atoms with E-state index in [1.54, 1.807) is 20.2 Å². The van der Waals surface area contributed by atoms with Gasteiger partial charge in [0, 0.05) is 25.6 Å². The van der Waals surface area contributed by atoms with Crippen molar-refractivity contribution >= 4 is 50.7 Å². The van der Waals surface area contributed by atoms with Crippen LogP contribution in [0.3, 0.4) is 0 Å². The van der Waals surface area contributed by atoms with Crippen molar-refractivity contribution < 1.29 is 13.6 Å². The summed E-state index contributed by atoms with van der Waals surface area (Å²) in [5, 5.41) is 0.248. The molecule has 4 rings (SSSR count). The SMILES string of the molecule is CC1C2C(c3cc(/C=C(\F)c4cnc(Br)cn4)ccc3F)N=C(N)SC12C(=O)N(C)C. The van der Waals surface area contributed by atoms with Gasteiger partial charge in [0.05, 0.1) is 18.4 Å². The number of fused-ring (bicyclic) bond motifs is 1. The molecule has 4 unspecified atom stereocenters. The maximum atomic E-state index is 14.8. The summed E-state index contributed by atoms with van der Waals surface area (Å²) in [5.74, 6) is -1.36. The minimum atomic E-state index is -0.753. The second-order valence-corrected chi connectivity index (χ2v) is 9.93. The molecule has 2 aliphatic rings. The molecule has 1 fully saturated rings. The van der Waals surface area contributed by atoms with Crippen LogP contribution in [0.4, 0.5) is 8.78 Å². The molecule has 2 heterocycles. The lowest BCUT2D eigenvalue weighted by atomic mass is 9.97. The first-order chi connectivity index (χ1) is 14.6. The van der Waals surface area contributed by atoms with E-state index in [1.807, 2.05) is 6.92 Å². The van der Waals surface area contributed by atoms with Gasteiger partial charge in [-0.1, -0.05) is 24.8 Å². The van der Waals surface area contributed by atoms with Crippen molar-refractivity contribution in [2.75, 3.05) is 14.1 Å². The average molecular weight is 508 g/mol. The number of nitrogens with zero attached hydrogens (tertiary/aromatic N) is 4. The maximum Gasteiger partial charge on any atom is 0.239 e. The summed E-state index contributed by atoms with van der Waals surface area (Å²) in [5.41, 5.74) is 6.85. The molecule has 1 aliphatic carbocycles. The summed E-state index contributed by atoms with van der Waals surface area (Å²) in [6, 6.07) is 3.68. The number of rotatable bonds is 4. The van der Waals surface area contributed by atoms with Crippen LogP contribution in [-0.4, -0.2) is 44.8 Å². The predicted molar refractivity (Wildman–Crippen MR) is 121 cm³/mol. The predicted octanol–water partition coefficient (Wildman–Crippen LogP) is 4.04. The molecule has 1 aromatic carbocycles. The van der Waals surface area contributed by atoms with E-state index in [1.165, 1.54) is 47.3 Å². The first-order valence-corrected chi connectivity index (χ1v) is 11.1. The fourth-order valence-electron chi connectivity index (χ4n) is 4.18. The van der Waals surface area contributed by atoms with Gasteiger partial charge in [-0.15, -0.1) is 0 Å². The van der Waals surface area contributed by atoms with Gasteiger partial charge in [0.2, 0.25) is 5.91 Å². The summed E-state index contributed by atoms with van der Waals surface area (Å²) in [4.78, 5) is 26.8. The molecular weight excluding hydrogens is 488 g/mol.